The van der Waals surface area contributed by atoms with Gasteiger partial charge in [-0.2, -0.15) is 5.10 Å². The fraction of sp³-hybridized carbons (Fsp3) is 0.400. The second kappa shape index (κ2) is 8.16. The molecule has 0 aliphatic carbocycles. The first-order valence-corrected chi connectivity index (χ1v) is 10.7. The summed E-state index contributed by atoms with van der Waals surface area (Å²) >= 11 is 1.32. The molecule has 0 bridgehead atoms. The average Bonchev–Trinajstić information content (AvgIpc) is 3.40. The zero-order valence-electron chi connectivity index (χ0n) is 17.3. The van der Waals surface area contributed by atoms with Crippen LogP contribution < -0.4 is 10.2 Å². The van der Waals surface area contributed by atoms with Gasteiger partial charge in [0, 0.05) is 31.7 Å². The van der Waals surface area contributed by atoms with Gasteiger partial charge in [0.2, 0.25) is 0 Å². The van der Waals surface area contributed by atoms with Crippen LogP contribution in [0, 0.1) is 0 Å². The van der Waals surface area contributed by atoms with Crippen LogP contribution in [0.4, 0.5) is 10.5 Å². The molecule has 1 fully saturated rings. The Morgan fingerprint density at radius 3 is 2.65 bits per heavy atom. The first-order valence-electron chi connectivity index (χ1n) is 9.86. The molecule has 1 aliphatic heterocycles. The molecule has 11 heteroatoms. The van der Waals surface area contributed by atoms with E-state index in [9.17, 15) is 14.7 Å². The highest BCUT2D eigenvalue weighted by molar-refractivity contribution is 7.12. The van der Waals surface area contributed by atoms with Crippen molar-refractivity contribution in [3.8, 4) is 11.1 Å². The molecule has 0 atom stereocenters. The third-order valence-corrected chi connectivity index (χ3v) is 6.17. The Labute approximate surface area is 182 Å². The fourth-order valence-corrected chi connectivity index (χ4v) is 4.19. The third-order valence-electron chi connectivity index (χ3n) is 5.24. The highest BCUT2D eigenvalue weighted by atomic mass is 32.1. The molecule has 3 aromatic rings. The van der Waals surface area contributed by atoms with Gasteiger partial charge >= 0.3 is 6.09 Å². The summed E-state index contributed by atoms with van der Waals surface area (Å²) in [6.45, 7) is 5.46. The smallest absolute Gasteiger partial charge is 0.407 e. The number of nitrogens with one attached hydrogen (secondary N) is 1. The van der Waals surface area contributed by atoms with Crippen molar-refractivity contribution in [1.29, 1.82) is 0 Å². The number of carboxylic acid groups (broad SMARTS) is 1. The normalized spacial score (nSPS) is 14.8. The SMILES string of the molecule is CC(C)(CO)NC(=O)c1cc(-c2cnn3cc(N4CCN(C(=O)O)CC4)cnc23)cs1. The molecule has 4 rings (SSSR count). The van der Waals surface area contributed by atoms with Gasteiger partial charge in [0.1, 0.15) is 0 Å². The topological polar surface area (TPSA) is 123 Å². The van der Waals surface area contributed by atoms with E-state index in [1.54, 1.807) is 36.8 Å². The van der Waals surface area contributed by atoms with Gasteiger partial charge < -0.3 is 25.3 Å². The van der Waals surface area contributed by atoms with Crippen LogP contribution in [0.2, 0.25) is 0 Å². The zero-order chi connectivity index (χ0) is 22.2. The highest BCUT2D eigenvalue weighted by Crippen LogP contribution is 2.29. The Morgan fingerprint density at radius 2 is 1.97 bits per heavy atom. The number of carbonyl (C=O) groups is 2. The number of hydrogen-bond acceptors (Lipinski definition) is 7. The van der Waals surface area contributed by atoms with Crippen molar-refractivity contribution in [2.75, 3.05) is 37.7 Å². The maximum atomic E-state index is 12.5. The highest BCUT2D eigenvalue weighted by Gasteiger charge is 2.23. The summed E-state index contributed by atoms with van der Waals surface area (Å²) < 4.78 is 1.69. The van der Waals surface area contributed by atoms with E-state index in [-0.39, 0.29) is 12.5 Å². The van der Waals surface area contributed by atoms with Gasteiger partial charge in [0.25, 0.3) is 5.91 Å². The summed E-state index contributed by atoms with van der Waals surface area (Å²) in [6.07, 6.45) is 4.47. The van der Waals surface area contributed by atoms with Crippen LogP contribution in [-0.4, -0.2) is 80.0 Å². The molecule has 0 aromatic carbocycles. The number of nitrogens with zero attached hydrogens (tertiary/aromatic N) is 5. The Balaban J connectivity index is 1.52. The van der Waals surface area contributed by atoms with Crippen molar-refractivity contribution in [3.05, 3.63) is 34.9 Å². The molecular formula is C20H24N6O4S. The molecule has 0 unspecified atom stereocenters. The van der Waals surface area contributed by atoms with Gasteiger partial charge in [-0.3, -0.25) is 4.79 Å². The van der Waals surface area contributed by atoms with Crippen LogP contribution in [0.5, 0.6) is 0 Å². The second-order valence-electron chi connectivity index (χ2n) is 8.09. The number of amides is 2. The fourth-order valence-electron chi connectivity index (χ4n) is 3.39. The minimum Gasteiger partial charge on any atom is -0.465 e. The van der Waals surface area contributed by atoms with Crippen LogP contribution in [0.15, 0.2) is 30.0 Å². The number of aliphatic hydroxyl groups is 1. The van der Waals surface area contributed by atoms with Crippen molar-refractivity contribution >= 4 is 34.7 Å². The summed E-state index contributed by atoms with van der Waals surface area (Å²) in [7, 11) is 0. The Hall–Kier alpha value is -3.18. The lowest BCUT2D eigenvalue weighted by molar-refractivity contribution is 0.0873. The first kappa shape index (κ1) is 21.1. The summed E-state index contributed by atoms with van der Waals surface area (Å²) in [4.78, 5) is 32.1. The van der Waals surface area contributed by atoms with Crippen molar-refractivity contribution in [2.24, 2.45) is 0 Å². The van der Waals surface area contributed by atoms with E-state index in [4.69, 9.17) is 5.11 Å². The van der Waals surface area contributed by atoms with E-state index in [2.05, 4.69) is 20.3 Å². The number of aliphatic hydroxyl groups excluding tert-OH is 1. The van der Waals surface area contributed by atoms with Gasteiger partial charge in [-0.1, -0.05) is 0 Å². The molecule has 2 amide bonds. The average molecular weight is 445 g/mol. The minimum atomic E-state index is -0.895. The Bertz CT molecular complexity index is 1120. The van der Waals surface area contributed by atoms with E-state index >= 15 is 0 Å². The summed E-state index contributed by atoms with van der Waals surface area (Å²) in [6, 6.07) is 1.80. The van der Waals surface area contributed by atoms with E-state index in [1.807, 2.05) is 11.6 Å². The number of fused-ring (bicyclic) bond motifs is 1. The van der Waals surface area contributed by atoms with E-state index in [0.29, 0.717) is 36.7 Å². The zero-order valence-corrected chi connectivity index (χ0v) is 18.1. The van der Waals surface area contributed by atoms with Crippen LogP contribution in [0.25, 0.3) is 16.8 Å². The number of thiophene rings is 1. The minimum absolute atomic E-state index is 0.150. The third kappa shape index (κ3) is 4.32. The van der Waals surface area contributed by atoms with Crippen molar-refractivity contribution in [3.63, 3.8) is 0 Å². The van der Waals surface area contributed by atoms with E-state index < -0.39 is 11.6 Å². The molecule has 0 saturated carbocycles. The number of hydrogen-bond donors (Lipinski definition) is 3. The lowest BCUT2D eigenvalue weighted by atomic mass is 10.1. The molecule has 3 N–H and O–H groups in total. The Kier molecular flexibility index (Phi) is 5.54. The van der Waals surface area contributed by atoms with E-state index in [1.165, 1.54) is 16.2 Å². The monoisotopic (exact) mass is 444 g/mol. The summed E-state index contributed by atoms with van der Waals surface area (Å²) in [5, 5.41) is 27.6. The number of carbonyl (C=O) groups excluding carboxylic acids is 1. The number of piperazine rings is 1. The number of aromatic nitrogens is 3. The van der Waals surface area contributed by atoms with Gasteiger partial charge in [0.15, 0.2) is 5.65 Å². The van der Waals surface area contributed by atoms with Crippen molar-refractivity contribution in [2.45, 2.75) is 19.4 Å². The van der Waals surface area contributed by atoms with Gasteiger partial charge in [0.05, 0.1) is 41.3 Å². The standard InChI is InChI=1S/C20H24N6O4S/c1-20(2,12-27)23-18(28)16-7-13(11-31-16)15-9-22-26-10-14(8-21-17(15)26)24-3-5-25(6-4-24)19(29)30/h7-11,27H,3-6,12H2,1-2H3,(H,23,28)(H,29,30). The van der Waals surface area contributed by atoms with Crippen LogP contribution in [-0.2, 0) is 0 Å². The molecule has 1 saturated heterocycles. The second-order valence-corrected chi connectivity index (χ2v) is 9.00. The van der Waals surface area contributed by atoms with E-state index in [0.717, 1.165) is 16.8 Å². The lowest BCUT2D eigenvalue weighted by Crippen LogP contribution is -2.48. The van der Waals surface area contributed by atoms with Crippen LogP contribution in [0.3, 0.4) is 0 Å². The molecule has 3 aromatic heterocycles. The van der Waals surface area contributed by atoms with Crippen LogP contribution in [0.1, 0.15) is 23.5 Å². The van der Waals surface area contributed by atoms with Gasteiger partial charge in [-0.05, 0) is 30.9 Å². The maximum Gasteiger partial charge on any atom is 0.407 e. The predicted octanol–water partition coefficient (Wildman–Crippen LogP) is 1.76. The molecule has 31 heavy (non-hydrogen) atoms. The first-order chi connectivity index (χ1) is 14.8. The Morgan fingerprint density at radius 1 is 1.23 bits per heavy atom. The lowest BCUT2D eigenvalue weighted by Gasteiger charge is -2.34. The predicted molar refractivity (Wildman–Crippen MR) is 117 cm³/mol. The quantitative estimate of drug-likeness (QED) is 0.548. The molecule has 0 radical (unpaired) electrons. The maximum absolute atomic E-state index is 12.5. The summed E-state index contributed by atoms with van der Waals surface area (Å²) in [5.41, 5.74) is 2.53. The molecule has 10 nitrogen and oxygen atoms in total. The van der Waals surface area contributed by atoms with Gasteiger partial charge in [-0.15, -0.1) is 11.3 Å². The molecular weight excluding hydrogens is 420 g/mol. The largest absolute Gasteiger partial charge is 0.465 e. The molecule has 0 spiro atoms. The molecule has 1 aliphatic rings. The molecule has 4 heterocycles. The van der Waals surface area contributed by atoms with Gasteiger partial charge in [-0.25, -0.2) is 14.3 Å². The van der Waals surface area contributed by atoms with Crippen LogP contribution >= 0.6 is 11.3 Å². The number of anilines is 1. The van der Waals surface area contributed by atoms with Crippen molar-refractivity contribution < 1.29 is 19.8 Å². The number of rotatable bonds is 5. The summed E-state index contributed by atoms with van der Waals surface area (Å²) in [5.74, 6) is -0.234. The molecule has 164 valence electrons. The van der Waals surface area contributed by atoms with Crippen molar-refractivity contribution in [1.82, 2.24) is 24.8 Å².